The van der Waals surface area contributed by atoms with Crippen molar-refractivity contribution in [2.75, 3.05) is 0 Å². The molecule has 0 fully saturated rings. The SMILES string of the molecule is OC1=C(O)C2(c3ccccc31)c1ccccc1-c1ccccc12. The van der Waals surface area contributed by atoms with Crippen molar-refractivity contribution in [2.45, 2.75) is 5.41 Å². The Morgan fingerprint density at radius 2 is 0.913 bits per heavy atom. The molecule has 23 heavy (non-hydrogen) atoms. The monoisotopic (exact) mass is 298 g/mol. The zero-order valence-electron chi connectivity index (χ0n) is 12.3. The molecule has 0 atom stereocenters. The molecule has 0 heterocycles. The zero-order chi connectivity index (χ0) is 15.6. The fourth-order valence-electron chi connectivity index (χ4n) is 4.23. The fraction of sp³-hybridized carbons (Fsp3) is 0.0476. The van der Waals surface area contributed by atoms with Crippen LogP contribution in [0.1, 0.15) is 22.3 Å². The molecule has 0 radical (unpaired) electrons. The fourth-order valence-corrected chi connectivity index (χ4v) is 4.23. The minimum Gasteiger partial charge on any atom is -0.507 e. The Bertz CT molecular complexity index is 952. The van der Waals surface area contributed by atoms with Crippen molar-refractivity contribution in [3.63, 3.8) is 0 Å². The average Bonchev–Trinajstić information content (AvgIpc) is 3.03. The topological polar surface area (TPSA) is 40.5 Å². The number of aliphatic hydroxyl groups excluding tert-OH is 2. The highest BCUT2D eigenvalue weighted by Crippen LogP contribution is 2.60. The van der Waals surface area contributed by atoms with E-state index in [9.17, 15) is 10.2 Å². The Kier molecular flexibility index (Phi) is 2.21. The first-order chi connectivity index (χ1) is 11.3. The number of hydrogen-bond acceptors (Lipinski definition) is 2. The molecule has 0 saturated heterocycles. The highest BCUT2D eigenvalue weighted by molar-refractivity contribution is 5.91. The van der Waals surface area contributed by atoms with Crippen LogP contribution in [0.15, 0.2) is 78.6 Å². The van der Waals surface area contributed by atoms with Crippen LogP contribution >= 0.6 is 0 Å². The third-order valence-electron chi connectivity index (χ3n) is 5.12. The summed E-state index contributed by atoms with van der Waals surface area (Å²) in [6.07, 6.45) is 0. The van der Waals surface area contributed by atoms with Gasteiger partial charge < -0.3 is 10.2 Å². The summed E-state index contributed by atoms with van der Waals surface area (Å²) in [6, 6.07) is 23.9. The van der Waals surface area contributed by atoms with Crippen molar-refractivity contribution >= 4 is 5.76 Å². The normalized spacial score (nSPS) is 16.3. The van der Waals surface area contributed by atoms with Crippen LogP contribution in [0.5, 0.6) is 0 Å². The van der Waals surface area contributed by atoms with E-state index in [-0.39, 0.29) is 11.5 Å². The van der Waals surface area contributed by atoms with Crippen molar-refractivity contribution in [3.05, 3.63) is 101 Å². The van der Waals surface area contributed by atoms with E-state index in [2.05, 4.69) is 12.1 Å². The molecule has 0 unspecified atom stereocenters. The van der Waals surface area contributed by atoms with Crippen molar-refractivity contribution in [2.24, 2.45) is 0 Å². The van der Waals surface area contributed by atoms with Crippen LogP contribution in [-0.2, 0) is 5.41 Å². The second kappa shape index (κ2) is 4.05. The molecule has 3 aromatic rings. The third kappa shape index (κ3) is 1.26. The first-order valence-corrected chi connectivity index (χ1v) is 7.68. The number of aliphatic hydroxyl groups is 2. The van der Waals surface area contributed by atoms with Gasteiger partial charge in [0.1, 0.15) is 5.41 Å². The molecule has 0 saturated carbocycles. The van der Waals surface area contributed by atoms with Crippen LogP contribution in [0.2, 0.25) is 0 Å². The van der Waals surface area contributed by atoms with Crippen LogP contribution in [0, 0.1) is 0 Å². The van der Waals surface area contributed by atoms with Gasteiger partial charge in [-0.25, -0.2) is 0 Å². The summed E-state index contributed by atoms with van der Waals surface area (Å²) in [5.41, 5.74) is 5.11. The van der Waals surface area contributed by atoms with E-state index in [0.717, 1.165) is 27.8 Å². The molecule has 3 aromatic carbocycles. The van der Waals surface area contributed by atoms with Gasteiger partial charge in [-0.1, -0.05) is 72.8 Å². The van der Waals surface area contributed by atoms with Gasteiger partial charge in [-0.05, 0) is 27.8 Å². The maximum Gasteiger partial charge on any atom is 0.162 e. The van der Waals surface area contributed by atoms with Gasteiger partial charge in [0, 0.05) is 5.56 Å². The number of fused-ring (bicyclic) bond motifs is 7. The summed E-state index contributed by atoms with van der Waals surface area (Å²) in [5.74, 6) is 0.00297. The second-order valence-corrected chi connectivity index (χ2v) is 6.08. The molecular weight excluding hydrogens is 284 g/mol. The molecule has 2 aliphatic rings. The molecular formula is C21H14O2. The Morgan fingerprint density at radius 3 is 1.43 bits per heavy atom. The first kappa shape index (κ1) is 12.5. The lowest BCUT2D eigenvalue weighted by Crippen LogP contribution is -2.27. The number of hydrogen-bond donors (Lipinski definition) is 2. The van der Waals surface area contributed by atoms with Gasteiger partial charge in [0.15, 0.2) is 11.5 Å². The Hall–Kier alpha value is -3.00. The predicted molar refractivity (Wildman–Crippen MR) is 90.4 cm³/mol. The Morgan fingerprint density at radius 1 is 0.522 bits per heavy atom. The maximum atomic E-state index is 11.0. The molecule has 0 amide bonds. The Balaban J connectivity index is 2.02. The number of allylic oxidation sites excluding steroid dienone is 1. The highest BCUT2D eigenvalue weighted by atomic mass is 16.3. The van der Waals surface area contributed by atoms with Gasteiger partial charge in [0.2, 0.25) is 0 Å². The quantitative estimate of drug-likeness (QED) is 0.626. The van der Waals surface area contributed by atoms with Crippen molar-refractivity contribution in [1.82, 2.24) is 0 Å². The van der Waals surface area contributed by atoms with Gasteiger partial charge in [-0.3, -0.25) is 0 Å². The van der Waals surface area contributed by atoms with Crippen LogP contribution in [0.25, 0.3) is 16.9 Å². The van der Waals surface area contributed by atoms with Crippen LogP contribution in [0.4, 0.5) is 0 Å². The van der Waals surface area contributed by atoms with E-state index in [1.165, 1.54) is 0 Å². The van der Waals surface area contributed by atoms with Crippen molar-refractivity contribution in [3.8, 4) is 11.1 Å². The van der Waals surface area contributed by atoms with Crippen molar-refractivity contribution in [1.29, 1.82) is 0 Å². The molecule has 0 aromatic heterocycles. The molecule has 0 aliphatic heterocycles. The van der Waals surface area contributed by atoms with Gasteiger partial charge in [-0.2, -0.15) is 0 Å². The molecule has 5 rings (SSSR count). The zero-order valence-corrected chi connectivity index (χ0v) is 12.3. The standard InChI is InChI=1S/C21H14O2/c22-19-15-9-3-6-12-18(15)21(20(19)23)16-10-4-1-7-13(16)14-8-2-5-11-17(14)21/h1-12,22-23H. The smallest absolute Gasteiger partial charge is 0.162 e. The van der Waals surface area contributed by atoms with E-state index in [0.29, 0.717) is 5.56 Å². The summed E-state index contributed by atoms with van der Waals surface area (Å²) in [7, 11) is 0. The minimum absolute atomic E-state index is 0.0212. The first-order valence-electron chi connectivity index (χ1n) is 7.68. The van der Waals surface area contributed by atoms with Gasteiger partial charge in [0.25, 0.3) is 0 Å². The predicted octanol–water partition coefficient (Wildman–Crippen LogP) is 4.80. The van der Waals surface area contributed by atoms with Crippen molar-refractivity contribution < 1.29 is 10.2 Å². The van der Waals surface area contributed by atoms with E-state index < -0.39 is 5.41 Å². The van der Waals surface area contributed by atoms with Gasteiger partial charge in [0.05, 0.1) is 0 Å². The Labute approximate surface area is 134 Å². The molecule has 110 valence electrons. The molecule has 2 heteroatoms. The highest BCUT2D eigenvalue weighted by Gasteiger charge is 2.53. The molecule has 0 bridgehead atoms. The second-order valence-electron chi connectivity index (χ2n) is 6.08. The summed E-state index contributed by atoms with van der Waals surface area (Å²) in [5, 5.41) is 21.5. The van der Waals surface area contributed by atoms with Gasteiger partial charge in [-0.15, -0.1) is 0 Å². The molecule has 1 spiro atoms. The van der Waals surface area contributed by atoms with Gasteiger partial charge >= 0.3 is 0 Å². The lowest BCUT2D eigenvalue weighted by molar-refractivity contribution is 0.338. The molecule has 2 N–H and O–H groups in total. The maximum absolute atomic E-state index is 11.0. The van der Waals surface area contributed by atoms with Crippen LogP contribution < -0.4 is 0 Å². The largest absolute Gasteiger partial charge is 0.507 e. The molecule has 2 nitrogen and oxygen atoms in total. The third-order valence-corrected chi connectivity index (χ3v) is 5.12. The summed E-state index contributed by atoms with van der Waals surface area (Å²) in [6.45, 7) is 0. The molecule has 2 aliphatic carbocycles. The average molecular weight is 298 g/mol. The lowest BCUT2D eigenvalue weighted by Gasteiger charge is -2.28. The summed E-state index contributed by atoms with van der Waals surface area (Å²) in [4.78, 5) is 0. The summed E-state index contributed by atoms with van der Waals surface area (Å²) < 4.78 is 0. The van der Waals surface area contributed by atoms with Crippen LogP contribution in [0.3, 0.4) is 0 Å². The minimum atomic E-state index is -0.798. The van der Waals surface area contributed by atoms with E-state index >= 15 is 0 Å². The summed E-state index contributed by atoms with van der Waals surface area (Å²) >= 11 is 0. The van der Waals surface area contributed by atoms with Crippen LogP contribution in [-0.4, -0.2) is 10.2 Å². The number of benzene rings is 3. The lowest BCUT2D eigenvalue weighted by atomic mass is 9.73. The number of rotatable bonds is 0. The van der Waals surface area contributed by atoms with E-state index in [1.54, 1.807) is 0 Å². The van der Waals surface area contributed by atoms with E-state index in [1.807, 2.05) is 60.7 Å². The van der Waals surface area contributed by atoms with E-state index in [4.69, 9.17) is 0 Å².